The zero-order valence-corrected chi connectivity index (χ0v) is 17.4. The first-order chi connectivity index (χ1) is 10.00. The minimum atomic E-state index is -0.0416. The van der Waals surface area contributed by atoms with Crippen molar-refractivity contribution in [2.24, 2.45) is 4.99 Å². The van der Waals surface area contributed by atoms with E-state index in [2.05, 4.69) is 41.5 Å². The van der Waals surface area contributed by atoms with Crippen molar-refractivity contribution in [3.63, 3.8) is 0 Å². The zero-order chi connectivity index (χ0) is 15.3. The lowest BCUT2D eigenvalue weighted by Gasteiger charge is -2.36. The van der Waals surface area contributed by atoms with Gasteiger partial charge in [-0.3, -0.25) is 4.99 Å². The van der Waals surface area contributed by atoms with Crippen LogP contribution in [0.4, 0.5) is 0 Å². The highest BCUT2D eigenvalue weighted by Crippen LogP contribution is 2.31. The van der Waals surface area contributed by atoms with Crippen molar-refractivity contribution in [2.45, 2.75) is 37.3 Å². The molecule has 5 nitrogen and oxygen atoms in total. The van der Waals surface area contributed by atoms with Crippen LogP contribution in [-0.2, 0) is 4.74 Å². The third-order valence-corrected chi connectivity index (χ3v) is 6.00. The van der Waals surface area contributed by atoms with Crippen molar-refractivity contribution in [1.82, 2.24) is 15.5 Å². The van der Waals surface area contributed by atoms with Crippen LogP contribution in [0, 0.1) is 0 Å². The topological polar surface area (TPSA) is 48.9 Å². The number of hydrogen-bond donors (Lipinski definition) is 2. The predicted octanol–water partition coefficient (Wildman–Crippen LogP) is 1.78. The van der Waals surface area contributed by atoms with Crippen LogP contribution >= 0.6 is 35.7 Å². The van der Waals surface area contributed by atoms with Gasteiger partial charge >= 0.3 is 0 Å². The Morgan fingerprint density at radius 1 is 1.27 bits per heavy atom. The molecule has 7 heteroatoms. The Labute approximate surface area is 156 Å². The molecule has 2 fully saturated rings. The summed E-state index contributed by atoms with van der Waals surface area (Å²) in [5, 5.41) is 6.92. The molecule has 2 N–H and O–H groups in total. The van der Waals surface area contributed by atoms with E-state index in [1.54, 1.807) is 0 Å². The van der Waals surface area contributed by atoms with Gasteiger partial charge in [0.2, 0.25) is 0 Å². The van der Waals surface area contributed by atoms with Crippen molar-refractivity contribution >= 4 is 41.7 Å². The molecule has 0 radical (unpaired) electrons. The molecule has 2 saturated heterocycles. The van der Waals surface area contributed by atoms with Crippen LogP contribution < -0.4 is 10.6 Å². The lowest BCUT2D eigenvalue weighted by atomic mass is 9.97. The van der Waals surface area contributed by atoms with E-state index in [9.17, 15) is 0 Å². The number of halogens is 1. The molecule has 2 heterocycles. The molecule has 0 aromatic heterocycles. The number of thioether (sulfide) groups is 1. The minimum absolute atomic E-state index is 0. The summed E-state index contributed by atoms with van der Waals surface area (Å²) in [6, 6.07) is 0. The van der Waals surface area contributed by atoms with E-state index in [-0.39, 0.29) is 35.1 Å². The van der Waals surface area contributed by atoms with Crippen LogP contribution in [-0.4, -0.2) is 74.3 Å². The van der Waals surface area contributed by atoms with Gasteiger partial charge in [-0.15, -0.1) is 24.0 Å². The molecule has 0 bridgehead atoms. The van der Waals surface area contributed by atoms with Gasteiger partial charge in [-0.25, -0.2) is 0 Å². The molecule has 0 saturated carbocycles. The summed E-state index contributed by atoms with van der Waals surface area (Å²) < 4.78 is 5.81. The molecule has 22 heavy (non-hydrogen) atoms. The van der Waals surface area contributed by atoms with Crippen LogP contribution in [0.15, 0.2) is 4.99 Å². The molecule has 0 amide bonds. The molecule has 0 aromatic carbocycles. The monoisotopic (exact) mass is 442 g/mol. The molecule has 2 rings (SSSR count). The van der Waals surface area contributed by atoms with Gasteiger partial charge < -0.3 is 20.3 Å². The maximum Gasteiger partial charge on any atom is 0.191 e. The Morgan fingerprint density at radius 2 is 2.00 bits per heavy atom. The molecule has 0 aliphatic carbocycles. The van der Waals surface area contributed by atoms with Crippen molar-refractivity contribution in [3.8, 4) is 0 Å². The van der Waals surface area contributed by atoms with Gasteiger partial charge in [0, 0.05) is 38.0 Å². The third-order valence-electron chi connectivity index (χ3n) is 4.77. The fourth-order valence-electron chi connectivity index (χ4n) is 2.96. The fraction of sp³-hybridized carbons (Fsp3) is 0.933. The molecular formula is C15H31IN4OS. The second kappa shape index (κ2) is 8.94. The van der Waals surface area contributed by atoms with E-state index in [0.29, 0.717) is 0 Å². The predicted molar refractivity (Wildman–Crippen MR) is 107 cm³/mol. The van der Waals surface area contributed by atoms with E-state index < -0.39 is 0 Å². The van der Waals surface area contributed by atoms with Crippen LogP contribution in [0.2, 0.25) is 0 Å². The van der Waals surface area contributed by atoms with Gasteiger partial charge in [-0.05, 0) is 46.0 Å². The summed E-state index contributed by atoms with van der Waals surface area (Å²) in [6.07, 6.45) is 3.51. The normalized spacial score (nSPS) is 32.1. The largest absolute Gasteiger partial charge is 0.373 e. The maximum atomic E-state index is 5.81. The van der Waals surface area contributed by atoms with E-state index in [4.69, 9.17) is 4.74 Å². The number of nitrogens with zero attached hydrogens (tertiary/aromatic N) is 2. The summed E-state index contributed by atoms with van der Waals surface area (Å²) in [5.74, 6) is 3.31. The van der Waals surface area contributed by atoms with E-state index in [1.165, 1.54) is 17.9 Å². The first kappa shape index (κ1) is 20.3. The number of aliphatic imine (C=N–C) groups is 1. The highest BCUT2D eigenvalue weighted by Gasteiger charge is 2.36. The summed E-state index contributed by atoms with van der Waals surface area (Å²) >= 11 is 2.04. The summed E-state index contributed by atoms with van der Waals surface area (Å²) in [5.41, 5.74) is 0.204. The Bertz CT molecular complexity index is 367. The summed E-state index contributed by atoms with van der Waals surface area (Å²) in [6.45, 7) is 4.81. The highest BCUT2D eigenvalue weighted by molar-refractivity contribution is 14.0. The van der Waals surface area contributed by atoms with Crippen molar-refractivity contribution < 1.29 is 4.74 Å². The average Bonchev–Trinajstić information content (AvgIpc) is 3.09. The molecule has 2 aliphatic heterocycles. The Balaban J connectivity index is 0.00000242. The molecule has 130 valence electrons. The number of ether oxygens (including phenoxy) is 1. The van der Waals surface area contributed by atoms with Gasteiger partial charge in [0.1, 0.15) is 0 Å². The second-order valence-electron chi connectivity index (χ2n) is 6.60. The van der Waals surface area contributed by atoms with Crippen LogP contribution in [0.1, 0.15) is 26.2 Å². The van der Waals surface area contributed by atoms with Crippen LogP contribution in [0.25, 0.3) is 0 Å². The second-order valence-corrected chi connectivity index (χ2v) is 7.71. The lowest BCUT2D eigenvalue weighted by Crippen LogP contribution is -2.55. The van der Waals surface area contributed by atoms with Crippen LogP contribution in [0.5, 0.6) is 0 Å². The van der Waals surface area contributed by atoms with Gasteiger partial charge in [0.05, 0.1) is 5.60 Å². The lowest BCUT2D eigenvalue weighted by molar-refractivity contribution is 0.0242. The van der Waals surface area contributed by atoms with Crippen LogP contribution in [0.3, 0.4) is 0 Å². The first-order valence-electron chi connectivity index (χ1n) is 7.83. The number of guanidine groups is 1. The standard InChI is InChI=1S/C15H30N4OS.HI/c1-14(6-5-8-20-14)10-17-13(16-2)18-11-15(19(3)4)7-9-21-12-15;/h5-12H2,1-4H3,(H2,16,17,18);1H. The number of likely N-dealkylation sites (N-methyl/N-ethyl adjacent to an activating group) is 1. The number of rotatable bonds is 5. The van der Waals surface area contributed by atoms with Crippen molar-refractivity contribution in [2.75, 3.05) is 52.3 Å². The Morgan fingerprint density at radius 3 is 2.50 bits per heavy atom. The smallest absolute Gasteiger partial charge is 0.191 e. The quantitative estimate of drug-likeness (QED) is 0.386. The van der Waals surface area contributed by atoms with Gasteiger partial charge in [0.15, 0.2) is 5.96 Å². The van der Waals surface area contributed by atoms with Gasteiger partial charge in [-0.1, -0.05) is 0 Å². The summed E-state index contributed by atoms with van der Waals surface area (Å²) in [4.78, 5) is 6.70. The minimum Gasteiger partial charge on any atom is -0.373 e. The molecule has 0 spiro atoms. The summed E-state index contributed by atoms with van der Waals surface area (Å²) in [7, 11) is 6.19. The Kier molecular flexibility index (Phi) is 8.25. The molecule has 2 unspecified atom stereocenters. The number of hydrogen-bond acceptors (Lipinski definition) is 4. The third kappa shape index (κ3) is 5.14. The van der Waals surface area contributed by atoms with Crippen molar-refractivity contribution in [1.29, 1.82) is 0 Å². The molecular weight excluding hydrogens is 411 g/mol. The maximum absolute atomic E-state index is 5.81. The van der Waals surface area contributed by atoms with E-state index >= 15 is 0 Å². The SMILES string of the molecule is CN=C(NCC1(C)CCCO1)NCC1(N(C)C)CCSC1.I. The van der Waals surface area contributed by atoms with Gasteiger partial charge in [0.25, 0.3) is 0 Å². The first-order valence-corrected chi connectivity index (χ1v) is 8.99. The number of nitrogens with one attached hydrogen (secondary N) is 2. The average molecular weight is 442 g/mol. The van der Waals surface area contributed by atoms with Gasteiger partial charge in [-0.2, -0.15) is 11.8 Å². The zero-order valence-electron chi connectivity index (χ0n) is 14.3. The molecule has 2 atom stereocenters. The molecule has 0 aromatic rings. The molecule has 2 aliphatic rings. The Hall–Kier alpha value is 0.270. The highest BCUT2D eigenvalue weighted by atomic mass is 127. The fourth-order valence-corrected chi connectivity index (χ4v) is 4.52. The van der Waals surface area contributed by atoms with E-state index in [1.807, 2.05) is 18.8 Å². The van der Waals surface area contributed by atoms with Crippen molar-refractivity contribution in [3.05, 3.63) is 0 Å². The van der Waals surface area contributed by atoms with E-state index in [0.717, 1.165) is 38.5 Å².